The van der Waals surface area contributed by atoms with Gasteiger partial charge in [0.25, 0.3) is 5.91 Å². The smallest absolute Gasteiger partial charge is 0.256 e. The molecule has 0 aliphatic carbocycles. The molecule has 6 heteroatoms. The molecule has 150 valence electrons. The standard InChI is InChI=1S/C24H18Cl2N2O2/c1-2-30-17-10-7-15(8-11-17)23-14-19(18-5-3-4-6-21(18)27-23)24(29)28-22-12-9-16(25)13-20(22)26/h3-14H,2H2,1H3,(H,28,29). The number of benzene rings is 3. The van der Waals surface area contributed by atoms with Gasteiger partial charge in [-0.15, -0.1) is 0 Å². The largest absolute Gasteiger partial charge is 0.494 e. The third-order valence-corrected chi connectivity index (χ3v) is 5.15. The zero-order valence-corrected chi connectivity index (χ0v) is 17.7. The molecule has 0 aliphatic heterocycles. The molecule has 0 atom stereocenters. The molecule has 0 saturated carbocycles. The molecule has 0 radical (unpaired) electrons. The zero-order chi connectivity index (χ0) is 21.1. The summed E-state index contributed by atoms with van der Waals surface area (Å²) >= 11 is 12.2. The van der Waals surface area contributed by atoms with Gasteiger partial charge in [0.1, 0.15) is 5.75 Å². The van der Waals surface area contributed by atoms with E-state index in [1.54, 1.807) is 24.3 Å². The van der Waals surface area contributed by atoms with E-state index in [2.05, 4.69) is 5.32 Å². The lowest BCUT2D eigenvalue weighted by atomic mass is 10.0. The maximum Gasteiger partial charge on any atom is 0.256 e. The molecule has 30 heavy (non-hydrogen) atoms. The Kier molecular flexibility index (Phi) is 5.88. The Hall–Kier alpha value is -3.08. The first kappa shape index (κ1) is 20.2. The average molecular weight is 437 g/mol. The molecule has 1 N–H and O–H groups in total. The molecular weight excluding hydrogens is 419 g/mol. The highest BCUT2D eigenvalue weighted by molar-refractivity contribution is 6.37. The van der Waals surface area contributed by atoms with Crippen molar-refractivity contribution < 1.29 is 9.53 Å². The Morgan fingerprint density at radius 2 is 1.77 bits per heavy atom. The van der Waals surface area contributed by atoms with E-state index in [-0.39, 0.29) is 5.91 Å². The summed E-state index contributed by atoms with van der Waals surface area (Å²) in [4.78, 5) is 17.9. The highest BCUT2D eigenvalue weighted by atomic mass is 35.5. The van der Waals surface area contributed by atoms with Gasteiger partial charge in [-0.2, -0.15) is 0 Å². The molecular formula is C24H18Cl2N2O2. The maximum absolute atomic E-state index is 13.1. The summed E-state index contributed by atoms with van der Waals surface area (Å²) in [5.41, 5.74) is 3.33. The molecule has 0 aliphatic rings. The number of hydrogen-bond acceptors (Lipinski definition) is 3. The quantitative estimate of drug-likeness (QED) is 0.371. The van der Waals surface area contributed by atoms with Crippen LogP contribution in [0.1, 0.15) is 17.3 Å². The van der Waals surface area contributed by atoms with Crippen LogP contribution in [0.25, 0.3) is 22.2 Å². The van der Waals surface area contributed by atoms with Crippen LogP contribution in [0.5, 0.6) is 5.75 Å². The number of hydrogen-bond donors (Lipinski definition) is 1. The minimum absolute atomic E-state index is 0.273. The number of carbonyl (C=O) groups is 1. The van der Waals surface area contributed by atoms with Crippen molar-refractivity contribution in [1.82, 2.24) is 4.98 Å². The van der Waals surface area contributed by atoms with Crippen molar-refractivity contribution in [2.24, 2.45) is 0 Å². The summed E-state index contributed by atoms with van der Waals surface area (Å²) in [6.45, 7) is 2.54. The summed E-state index contributed by atoms with van der Waals surface area (Å²) in [5.74, 6) is 0.516. The number of rotatable bonds is 5. The van der Waals surface area contributed by atoms with E-state index in [1.807, 2.05) is 55.5 Å². The van der Waals surface area contributed by atoms with Crippen molar-refractivity contribution >= 4 is 45.7 Å². The fourth-order valence-electron chi connectivity index (χ4n) is 3.18. The number of amides is 1. The van der Waals surface area contributed by atoms with Crippen LogP contribution in [-0.2, 0) is 0 Å². The second kappa shape index (κ2) is 8.74. The average Bonchev–Trinajstić information content (AvgIpc) is 2.75. The highest BCUT2D eigenvalue weighted by Gasteiger charge is 2.15. The predicted octanol–water partition coefficient (Wildman–Crippen LogP) is 6.86. The van der Waals surface area contributed by atoms with Crippen LogP contribution in [0.2, 0.25) is 10.0 Å². The zero-order valence-electron chi connectivity index (χ0n) is 16.2. The van der Waals surface area contributed by atoms with Crippen LogP contribution in [-0.4, -0.2) is 17.5 Å². The van der Waals surface area contributed by atoms with E-state index in [9.17, 15) is 4.79 Å². The second-order valence-corrected chi connectivity index (χ2v) is 7.45. The van der Waals surface area contributed by atoms with Crippen LogP contribution in [0.4, 0.5) is 5.69 Å². The van der Waals surface area contributed by atoms with E-state index in [0.717, 1.165) is 22.2 Å². The number of nitrogens with one attached hydrogen (secondary N) is 1. The van der Waals surface area contributed by atoms with E-state index in [1.165, 1.54) is 0 Å². The lowest BCUT2D eigenvalue weighted by Gasteiger charge is -2.12. The molecule has 0 spiro atoms. The van der Waals surface area contributed by atoms with E-state index in [0.29, 0.717) is 33.6 Å². The van der Waals surface area contributed by atoms with Crippen molar-refractivity contribution in [2.75, 3.05) is 11.9 Å². The molecule has 3 aromatic carbocycles. The fraction of sp³-hybridized carbons (Fsp3) is 0.0833. The van der Waals surface area contributed by atoms with Gasteiger partial charge in [-0.1, -0.05) is 41.4 Å². The van der Waals surface area contributed by atoms with Gasteiger partial charge < -0.3 is 10.1 Å². The summed E-state index contributed by atoms with van der Waals surface area (Å²) in [5, 5.41) is 4.51. The van der Waals surface area contributed by atoms with Gasteiger partial charge in [-0.3, -0.25) is 4.79 Å². The lowest BCUT2D eigenvalue weighted by Crippen LogP contribution is -2.13. The highest BCUT2D eigenvalue weighted by Crippen LogP contribution is 2.29. The van der Waals surface area contributed by atoms with Crippen molar-refractivity contribution in [2.45, 2.75) is 6.92 Å². The van der Waals surface area contributed by atoms with Crippen molar-refractivity contribution in [3.05, 3.63) is 88.4 Å². The number of aromatic nitrogens is 1. The van der Waals surface area contributed by atoms with Crippen LogP contribution in [0.15, 0.2) is 72.8 Å². The summed E-state index contributed by atoms with van der Waals surface area (Å²) < 4.78 is 5.51. The molecule has 1 heterocycles. The van der Waals surface area contributed by atoms with Crippen molar-refractivity contribution in [3.63, 3.8) is 0 Å². The third kappa shape index (κ3) is 4.25. The Morgan fingerprint density at radius 3 is 2.50 bits per heavy atom. The van der Waals surface area contributed by atoms with Gasteiger partial charge in [0.2, 0.25) is 0 Å². The molecule has 4 nitrogen and oxygen atoms in total. The minimum atomic E-state index is -0.273. The number of para-hydroxylation sites is 1. The summed E-state index contributed by atoms with van der Waals surface area (Å²) in [6.07, 6.45) is 0. The molecule has 0 fully saturated rings. The number of ether oxygens (including phenoxy) is 1. The fourth-order valence-corrected chi connectivity index (χ4v) is 3.64. The number of fused-ring (bicyclic) bond motifs is 1. The first-order chi connectivity index (χ1) is 14.5. The Labute approximate surface area is 184 Å². The summed E-state index contributed by atoms with van der Waals surface area (Å²) in [6, 6.07) is 21.9. The third-order valence-electron chi connectivity index (χ3n) is 4.60. The normalized spacial score (nSPS) is 10.8. The lowest BCUT2D eigenvalue weighted by molar-refractivity contribution is 0.102. The summed E-state index contributed by atoms with van der Waals surface area (Å²) in [7, 11) is 0. The van der Waals surface area contributed by atoms with Crippen molar-refractivity contribution in [3.8, 4) is 17.0 Å². The Morgan fingerprint density at radius 1 is 1.00 bits per heavy atom. The predicted molar refractivity (Wildman–Crippen MR) is 123 cm³/mol. The molecule has 0 saturated heterocycles. The van der Waals surface area contributed by atoms with E-state index < -0.39 is 0 Å². The van der Waals surface area contributed by atoms with E-state index in [4.69, 9.17) is 32.9 Å². The molecule has 1 amide bonds. The number of anilines is 1. The first-order valence-corrected chi connectivity index (χ1v) is 10.2. The van der Waals surface area contributed by atoms with Crippen LogP contribution in [0, 0.1) is 0 Å². The van der Waals surface area contributed by atoms with Crippen LogP contribution < -0.4 is 10.1 Å². The monoisotopic (exact) mass is 436 g/mol. The molecule has 1 aromatic heterocycles. The maximum atomic E-state index is 13.1. The SMILES string of the molecule is CCOc1ccc(-c2cc(C(=O)Nc3ccc(Cl)cc3Cl)c3ccccc3n2)cc1. The van der Waals surface area contributed by atoms with Gasteiger partial charge >= 0.3 is 0 Å². The minimum Gasteiger partial charge on any atom is -0.494 e. The topological polar surface area (TPSA) is 51.2 Å². The van der Waals surface area contributed by atoms with Crippen LogP contribution >= 0.6 is 23.2 Å². The second-order valence-electron chi connectivity index (χ2n) is 6.61. The number of carbonyl (C=O) groups excluding carboxylic acids is 1. The molecule has 4 aromatic rings. The molecule has 0 bridgehead atoms. The van der Waals surface area contributed by atoms with Crippen molar-refractivity contribution in [1.29, 1.82) is 0 Å². The number of halogens is 2. The Balaban J connectivity index is 1.75. The Bertz CT molecular complexity index is 1220. The van der Waals surface area contributed by atoms with E-state index >= 15 is 0 Å². The first-order valence-electron chi connectivity index (χ1n) is 9.44. The van der Waals surface area contributed by atoms with Gasteiger partial charge in [0.15, 0.2) is 0 Å². The van der Waals surface area contributed by atoms with Gasteiger partial charge in [-0.25, -0.2) is 4.98 Å². The number of nitrogens with zero attached hydrogens (tertiary/aromatic N) is 1. The van der Waals surface area contributed by atoms with Gasteiger partial charge in [0.05, 0.1) is 34.1 Å². The molecule has 4 rings (SSSR count). The van der Waals surface area contributed by atoms with Gasteiger partial charge in [-0.05, 0) is 61.5 Å². The number of pyridine rings is 1. The van der Waals surface area contributed by atoms with Gasteiger partial charge in [0, 0.05) is 16.0 Å². The van der Waals surface area contributed by atoms with Crippen LogP contribution in [0.3, 0.4) is 0 Å². The molecule has 0 unspecified atom stereocenters.